The monoisotopic (exact) mass is 684 g/mol. The van der Waals surface area contributed by atoms with Crippen molar-refractivity contribution in [1.29, 1.82) is 0 Å². The fraction of sp³-hybridized carbons (Fsp3) is 0.455. The first-order valence-corrected chi connectivity index (χ1v) is 15.1. The number of halogens is 7. The molecule has 3 atom stereocenters. The molecule has 3 heterocycles. The standard InChI is InChI=1S/C33H35F7N4O4/c1-19-9-23(34)5-6-26(19)27-13-29(43-15-25-18-48-8-7-44(25,47)16-24(43)17-45)41-14-28(27)42(4)30(46)31(2,3)20-10-21(32(35,36)37)12-22(11-20)33(38,39)40/h5-6,9-14,24-25,45H,7-8,15-18H2,1-4H3/t24-,25-,44?/m0/s1. The van der Waals surface area contributed by atoms with Gasteiger partial charge in [0.05, 0.1) is 48.2 Å². The molecule has 2 aromatic carbocycles. The molecule has 0 saturated carbocycles. The highest BCUT2D eigenvalue weighted by atomic mass is 19.4. The van der Waals surface area contributed by atoms with Gasteiger partial charge in [-0.05, 0) is 73.9 Å². The highest BCUT2D eigenvalue weighted by Gasteiger charge is 2.44. The van der Waals surface area contributed by atoms with Crippen molar-refractivity contribution in [2.45, 2.75) is 50.6 Å². The Labute approximate surface area is 272 Å². The van der Waals surface area contributed by atoms with E-state index in [0.29, 0.717) is 41.2 Å². The molecule has 2 saturated heterocycles. The molecule has 48 heavy (non-hydrogen) atoms. The van der Waals surface area contributed by atoms with E-state index in [1.807, 2.05) is 0 Å². The van der Waals surface area contributed by atoms with E-state index < -0.39 is 62.9 Å². The van der Waals surface area contributed by atoms with Gasteiger partial charge in [-0.2, -0.15) is 26.3 Å². The van der Waals surface area contributed by atoms with Crippen molar-refractivity contribution in [2.24, 2.45) is 0 Å². The number of rotatable bonds is 6. The molecule has 0 radical (unpaired) electrons. The van der Waals surface area contributed by atoms with E-state index >= 15 is 0 Å². The second-order valence-electron chi connectivity index (χ2n) is 12.9. The van der Waals surface area contributed by atoms with Gasteiger partial charge in [0.15, 0.2) is 0 Å². The molecule has 0 aliphatic carbocycles. The molecule has 260 valence electrons. The van der Waals surface area contributed by atoms with E-state index in [4.69, 9.17) is 4.74 Å². The number of aliphatic hydroxyl groups is 1. The van der Waals surface area contributed by atoms with Crippen LogP contribution >= 0.6 is 0 Å². The fourth-order valence-electron chi connectivity index (χ4n) is 6.44. The molecule has 2 aliphatic heterocycles. The second kappa shape index (κ2) is 12.6. The number of pyridine rings is 1. The van der Waals surface area contributed by atoms with Crippen molar-refractivity contribution in [3.8, 4) is 11.1 Å². The zero-order chi connectivity index (χ0) is 35.4. The molecule has 8 nitrogen and oxygen atoms in total. The second-order valence-corrected chi connectivity index (χ2v) is 12.9. The number of hydrogen-bond acceptors (Lipinski definition) is 6. The summed E-state index contributed by atoms with van der Waals surface area (Å²) in [6, 6.07) is 5.55. The van der Waals surface area contributed by atoms with Crippen LogP contribution in [0.1, 0.15) is 36.1 Å². The number of benzene rings is 2. The number of anilines is 2. The molecular formula is C33H35F7N4O4. The largest absolute Gasteiger partial charge is 0.632 e. The molecule has 15 heteroatoms. The molecular weight excluding hydrogens is 649 g/mol. The SMILES string of the molecule is Cc1cc(F)ccc1-c1cc(N2C[C@H]3COCC[N+]3([O-])C[C@H]2CO)ncc1N(C)C(=O)C(C)(C)c1cc(C(F)(F)F)cc(C(F)(F)F)c1. The van der Waals surface area contributed by atoms with Crippen molar-refractivity contribution in [2.75, 3.05) is 56.3 Å². The summed E-state index contributed by atoms with van der Waals surface area (Å²) in [5.74, 6) is -1.04. The maximum absolute atomic E-state index is 14.2. The van der Waals surface area contributed by atoms with Crippen LogP contribution in [0, 0.1) is 17.9 Å². The number of carbonyl (C=O) groups excluding carboxylic acids is 1. The number of amides is 1. The fourth-order valence-corrected chi connectivity index (χ4v) is 6.44. The lowest BCUT2D eigenvalue weighted by Gasteiger charge is -2.58. The minimum atomic E-state index is -5.11. The topological polar surface area (TPSA) is 89.0 Å². The number of hydrogen-bond donors (Lipinski definition) is 1. The van der Waals surface area contributed by atoms with Crippen LogP contribution in [-0.2, 0) is 27.3 Å². The number of aromatic nitrogens is 1. The lowest BCUT2D eigenvalue weighted by atomic mass is 9.81. The van der Waals surface area contributed by atoms with Crippen LogP contribution < -0.4 is 9.80 Å². The summed E-state index contributed by atoms with van der Waals surface area (Å²) in [5, 5.41) is 23.7. The molecule has 1 N–H and O–H groups in total. The number of morpholine rings is 1. The predicted molar refractivity (Wildman–Crippen MR) is 163 cm³/mol. The number of aryl methyl sites for hydroxylation is 1. The van der Waals surface area contributed by atoms with Gasteiger partial charge in [0.25, 0.3) is 0 Å². The van der Waals surface area contributed by atoms with Gasteiger partial charge in [0.2, 0.25) is 5.91 Å². The van der Waals surface area contributed by atoms with E-state index in [9.17, 15) is 45.8 Å². The molecule has 0 spiro atoms. The molecule has 1 amide bonds. The summed E-state index contributed by atoms with van der Waals surface area (Å²) < 4.78 is 101. The number of piperazine rings is 1. The quantitative estimate of drug-likeness (QED) is 0.193. The number of ether oxygens (including phenoxy) is 1. The van der Waals surface area contributed by atoms with Crippen LogP contribution in [0.25, 0.3) is 11.1 Å². The van der Waals surface area contributed by atoms with Gasteiger partial charge >= 0.3 is 12.4 Å². The van der Waals surface area contributed by atoms with Gasteiger partial charge in [0, 0.05) is 12.6 Å². The number of likely N-dealkylation sites (N-methyl/N-ethyl adjacent to an activating group) is 1. The Bertz CT molecular complexity index is 1670. The van der Waals surface area contributed by atoms with Crippen LogP contribution in [0.4, 0.5) is 42.2 Å². The smallest absolute Gasteiger partial charge is 0.416 e. The number of nitrogens with zero attached hydrogens (tertiary/aromatic N) is 4. The Hall–Kier alpha value is -3.79. The Morgan fingerprint density at radius 1 is 1.04 bits per heavy atom. The number of carbonyl (C=O) groups is 1. The average Bonchev–Trinajstić information content (AvgIpc) is 3.02. The van der Waals surface area contributed by atoms with Gasteiger partial charge in [-0.1, -0.05) is 6.07 Å². The van der Waals surface area contributed by atoms with E-state index in [2.05, 4.69) is 4.98 Å². The third kappa shape index (κ3) is 6.73. The van der Waals surface area contributed by atoms with Crippen molar-refractivity contribution in [3.05, 3.63) is 81.9 Å². The summed E-state index contributed by atoms with van der Waals surface area (Å²) in [5.41, 5.74) is -4.06. The minimum Gasteiger partial charge on any atom is -0.632 e. The molecule has 5 rings (SSSR count). The van der Waals surface area contributed by atoms with Gasteiger partial charge in [-0.15, -0.1) is 0 Å². The van der Waals surface area contributed by atoms with Crippen LogP contribution in [0.5, 0.6) is 0 Å². The van der Waals surface area contributed by atoms with E-state index in [-0.39, 0.29) is 44.6 Å². The van der Waals surface area contributed by atoms with Crippen LogP contribution in [0.3, 0.4) is 0 Å². The van der Waals surface area contributed by atoms with Crippen molar-refractivity contribution < 1.29 is 50.0 Å². The predicted octanol–water partition coefficient (Wildman–Crippen LogP) is 6.07. The Morgan fingerprint density at radius 3 is 2.25 bits per heavy atom. The number of quaternary nitrogens is 1. The highest BCUT2D eigenvalue weighted by Crippen LogP contribution is 2.42. The Kier molecular flexibility index (Phi) is 9.31. The summed E-state index contributed by atoms with van der Waals surface area (Å²) in [7, 11) is 1.32. The van der Waals surface area contributed by atoms with Crippen LogP contribution in [0.15, 0.2) is 48.7 Å². The third-order valence-electron chi connectivity index (χ3n) is 9.32. The van der Waals surface area contributed by atoms with Gasteiger partial charge in [0.1, 0.15) is 43.4 Å². The van der Waals surface area contributed by atoms with Crippen molar-refractivity contribution in [3.63, 3.8) is 0 Å². The molecule has 0 bridgehead atoms. The molecule has 3 aromatic rings. The van der Waals surface area contributed by atoms with Crippen molar-refractivity contribution in [1.82, 2.24) is 4.98 Å². The Balaban J connectivity index is 1.59. The molecule has 1 aromatic heterocycles. The van der Waals surface area contributed by atoms with E-state index in [1.54, 1.807) is 17.9 Å². The van der Waals surface area contributed by atoms with Crippen molar-refractivity contribution >= 4 is 17.4 Å². The Morgan fingerprint density at radius 2 is 1.67 bits per heavy atom. The minimum absolute atomic E-state index is 0.00128. The van der Waals surface area contributed by atoms with E-state index in [0.717, 1.165) is 4.90 Å². The summed E-state index contributed by atoms with van der Waals surface area (Å²) in [6.45, 7) is 4.75. The van der Waals surface area contributed by atoms with Gasteiger partial charge < -0.3 is 29.5 Å². The maximum atomic E-state index is 14.2. The normalized spacial score (nSPS) is 22.0. The summed E-state index contributed by atoms with van der Waals surface area (Å²) >= 11 is 0. The summed E-state index contributed by atoms with van der Waals surface area (Å²) in [6.07, 6.45) is -8.89. The number of aliphatic hydroxyl groups excluding tert-OH is 1. The number of fused-ring (bicyclic) bond motifs is 1. The lowest BCUT2D eigenvalue weighted by Crippen LogP contribution is -2.71. The van der Waals surface area contributed by atoms with Crippen LogP contribution in [0.2, 0.25) is 0 Å². The first kappa shape index (κ1) is 35.5. The molecule has 2 fully saturated rings. The first-order chi connectivity index (χ1) is 22.3. The highest BCUT2D eigenvalue weighted by molar-refractivity contribution is 6.03. The molecule has 2 aliphatic rings. The number of alkyl halides is 6. The maximum Gasteiger partial charge on any atom is 0.416 e. The lowest BCUT2D eigenvalue weighted by molar-refractivity contribution is -0.916. The molecule has 1 unspecified atom stereocenters. The zero-order valence-electron chi connectivity index (χ0n) is 26.6. The van der Waals surface area contributed by atoms with Crippen LogP contribution in [-0.4, -0.2) is 79.2 Å². The summed E-state index contributed by atoms with van der Waals surface area (Å²) in [4.78, 5) is 21.5. The first-order valence-electron chi connectivity index (χ1n) is 15.1. The number of hydroxylamine groups is 3. The van der Waals surface area contributed by atoms with Gasteiger partial charge in [-0.25, -0.2) is 9.37 Å². The zero-order valence-corrected chi connectivity index (χ0v) is 26.6. The third-order valence-corrected chi connectivity index (χ3v) is 9.32. The van der Waals surface area contributed by atoms with E-state index in [1.165, 1.54) is 45.3 Å². The average molecular weight is 685 g/mol. The van der Waals surface area contributed by atoms with Gasteiger partial charge in [-0.3, -0.25) is 4.79 Å².